The average molecular weight is 157 g/mol. The molecule has 1 saturated heterocycles. The first-order valence-corrected chi connectivity index (χ1v) is 4.47. The second kappa shape index (κ2) is 3.11. The van der Waals surface area contributed by atoms with Crippen molar-refractivity contribution in [1.82, 2.24) is 0 Å². The van der Waals surface area contributed by atoms with Gasteiger partial charge in [0.15, 0.2) is 0 Å². The van der Waals surface area contributed by atoms with Gasteiger partial charge < -0.3 is 10.5 Å². The molecule has 1 rings (SSSR count). The van der Waals surface area contributed by atoms with Crippen molar-refractivity contribution >= 4 is 0 Å². The van der Waals surface area contributed by atoms with Crippen LogP contribution in [0.15, 0.2) is 0 Å². The first-order valence-electron chi connectivity index (χ1n) is 4.47. The van der Waals surface area contributed by atoms with Crippen LogP contribution >= 0.6 is 0 Å². The summed E-state index contributed by atoms with van der Waals surface area (Å²) in [6, 6.07) is 0.312. The van der Waals surface area contributed by atoms with Crippen LogP contribution in [0.2, 0.25) is 0 Å². The van der Waals surface area contributed by atoms with Crippen molar-refractivity contribution in [3.8, 4) is 0 Å². The Balaban J connectivity index is 2.57. The van der Waals surface area contributed by atoms with Gasteiger partial charge in [0.25, 0.3) is 0 Å². The molecule has 0 aromatic heterocycles. The van der Waals surface area contributed by atoms with Gasteiger partial charge in [-0.2, -0.15) is 0 Å². The molecule has 0 saturated carbocycles. The SMILES string of the molecule is CC[C@@H](N)C1CCOC1(C)C. The molecule has 2 N–H and O–H groups in total. The number of ether oxygens (including phenoxy) is 1. The molecule has 1 unspecified atom stereocenters. The highest BCUT2D eigenvalue weighted by atomic mass is 16.5. The zero-order valence-corrected chi connectivity index (χ0v) is 7.76. The van der Waals surface area contributed by atoms with Gasteiger partial charge in [0, 0.05) is 18.6 Å². The van der Waals surface area contributed by atoms with E-state index in [2.05, 4.69) is 20.8 Å². The van der Waals surface area contributed by atoms with Crippen LogP contribution in [-0.2, 0) is 4.74 Å². The Labute approximate surface area is 69.1 Å². The van der Waals surface area contributed by atoms with Gasteiger partial charge in [0.1, 0.15) is 0 Å². The molecule has 66 valence electrons. The summed E-state index contributed by atoms with van der Waals surface area (Å²) in [5.74, 6) is 0.549. The third-order valence-corrected chi connectivity index (χ3v) is 2.78. The van der Waals surface area contributed by atoms with Crippen LogP contribution in [0.5, 0.6) is 0 Å². The van der Waals surface area contributed by atoms with Gasteiger partial charge in [-0.15, -0.1) is 0 Å². The summed E-state index contributed by atoms with van der Waals surface area (Å²) in [5.41, 5.74) is 5.98. The van der Waals surface area contributed by atoms with Crippen LogP contribution in [0.4, 0.5) is 0 Å². The maximum absolute atomic E-state index is 5.97. The van der Waals surface area contributed by atoms with E-state index in [9.17, 15) is 0 Å². The number of rotatable bonds is 2. The molecule has 11 heavy (non-hydrogen) atoms. The highest BCUT2D eigenvalue weighted by molar-refractivity contribution is 4.90. The Bertz CT molecular complexity index is 134. The van der Waals surface area contributed by atoms with Crippen molar-refractivity contribution in [2.45, 2.75) is 45.3 Å². The first kappa shape index (κ1) is 9.01. The van der Waals surface area contributed by atoms with E-state index in [1.807, 2.05) is 0 Å². The van der Waals surface area contributed by atoms with Crippen LogP contribution in [0, 0.1) is 5.92 Å². The molecule has 0 amide bonds. The number of hydrogen-bond donors (Lipinski definition) is 1. The lowest BCUT2D eigenvalue weighted by atomic mass is 9.84. The lowest BCUT2D eigenvalue weighted by molar-refractivity contribution is 0.00491. The Hall–Kier alpha value is -0.0800. The Morgan fingerprint density at radius 2 is 2.27 bits per heavy atom. The highest BCUT2D eigenvalue weighted by Gasteiger charge is 2.38. The molecular weight excluding hydrogens is 138 g/mol. The summed E-state index contributed by atoms with van der Waals surface area (Å²) in [5, 5.41) is 0. The topological polar surface area (TPSA) is 35.2 Å². The second-order valence-electron chi connectivity index (χ2n) is 3.92. The van der Waals surface area contributed by atoms with Crippen molar-refractivity contribution in [2.75, 3.05) is 6.61 Å². The molecule has 1 aliphatic heterocycles. The minimum Gasteiger partial charge on any atom is -0.375 e. The molecule has 0 aromatic rings. The zero-order chi connectivity index (χ0) is 8.48. The predicted molar refractivity (Wildman–Crippen MR) is 46.4 cm³/mol. The van der Waals surface area contributed by atoms with Gasteiger partial charge in [-0.25, -0.2) is 0 Å². The minimum atomic E-state index is 0.00935. The third kappa shape index (κ3) is 1.74. The molecule has 0 aliphatic carbocycles. The highest BCUT2D eigenvalue weighted by Crippen LogP contribution is 2.33. The van der Waals surface area contributed by atoms with E-state index < -0.39 is 0 Å². The van der Waals surface area contributed by atoms with E-state index in [1.54, 1.807) is 0 Å². The Morgan fingerprint density at radius 3 is 2.64 bits per heavy atom. The van der Waals surface area contributed by atoms with E-state index in [-0.39, 0.29) is 5.60 Å². The summed E-state index contributed by atoms with van der Waals surface area (Å²) in [7, 11) is 0. The van der Waals surface area contributed by atoms with Crippen molar-refractivity contribution in [1.29, 1.82) is 0 Å². The quantitative estimate of drug-likeness (QED) is 0.660. The first-order chi connectivity index (χ1) is 5.08. The van der Waals surface area contributed by atoms with E-state index in [0.717, 1.165) is 19.4 Å². The molecule has 1 aliphatic rings. The molecule has 1 fully saturated rings. The van der Waals surface area contributed by atoms with Crippen molar-refractivity contribution < 1.29 is 4.74 Å². The number of hydrogen-bond acceptors (Lipinski definition) is 2. The van der Waals surface area contributed by atoms with Crippen molar-refractivity contribution in [2.24, 2.45) is 11.7 Å². The van der Waals surface area contributed by atoms with Crippen LogP contribution in [0.1, 0.15) is 33.6 Å². The fourth-order valence-electron chi connectivity index (χ4n) is 1.92. The average Bonchev–Trinajstić information content (AvgIpc) is 2.28. The van der Waals surface area contributed by atoms with Gasteiger partial charge >= 0.3 is 0 Å². The molecule has 2 atom stereocenters. The van der Waals surface area contributed by atoms with Gasteiger partial charge in [0.05, 0.1) is 5.60 Å². The van der Waals surface area contributed by atoms with Gasteiger partial charge in [0.2, 0.25) is 0 Å². The van der Waals surface area contributed by atoms with Gasteiger partial charge in [-0.05, 0) is 26.7 Å². The molecule has 0 aromatic carbocycles. The monoisotopic (exact) mass is 157 g/mol. The molecule has 0 spiro atoms. The normalized spacial score (nSPS) is 32.2. The molecular formula is C9H19NO. The molecule has 1 heterocycles. The van der Waals surface area contributed by atoms with Gasteiger partial charge in [-0.1, -0.05) is 6.92 Å². The lowest BCUT2D eigenvalue weighted by Crippen LogP contribution is -2.40. The summed E-state index contributed by atoms with van der Waals surface area (Å²) < 4.78 is 5.60. The number of nitrogens with two attached hydrogens (primary N) is 1. The van der Waals surface area contributed by atoms with Crippen LogP contribution < -0.4 is 5.73 Å². The van der Waals surface area contributed by atoms with E-state index in [1.165, 1.54) is 0 Å². The van der Waals surface area contributed by atoms with Crippen molar-refractivity contribution in [3.05, 3.63) is 0 Å². The molecule has 2 nitrogen and oxygen atoms in total. The summed E-state index contributed by atoms with van der Waals surface area (Å²) in [6.07, 6.45) is 2.18. The summed E-state index contributed by atoms with van der Waals surface area (Å²) in [6.45, 7) is 7.30. The molecule has 2 heteroatoms. The van der Waals surface area contributed by atoms with Gasteiger partial charge in [-0.3, -0.25) is 0 Å². The standard InChI is InChI=1S/C9H19NO/c1-4-8(10)7-5-6-11-9(7,2)3/h7-8H,4-6,10H2,1-3H3/t7?,8-/m1/s1. The van der Waals surface area contributed by atoms with Crippen LogP contribution in [0.3, 0.4) is 0 Å². The fraction of sp³-hybridized carbons (Fsp3) is 1.00. The summed E-state index contributed by atoms with van der Waals surface area (Å²) in [4.78, 5) is 0. The van der Waals surface area contributed by atoms with Crippen LogP contribution in [0.25, 0.3) is 0 Å². The predicted octanol–water partition coefficient (Wildman–Crippen LogP) is 1.54. The van der Waals surface area contributed by atoms with E-state index >= 15 is 0 Å². The van der Waals surface area contributed by atoms with E-state index in [0.29, 0.717) is 12.0 Å². The maximum Gasteiger partial charge on any atom is 0.0670 e. The zero-order valence-electron chi connectivity index (χ0n) is 7.76. The molecule has 0 bridgehead atoms. The minimum absolute atomic E-state index is 0.00935. The van der Waals surface area contributed by atoms with Crippen molar-refractivity contribution in [3.63, 3.8) is 0 Å². The summed E-state index contributed by atoms with van der Waals surface area (Å²) >= 11 is 0. The Morgan fingerprint density at radius 1 is 1.64 bits per heavy atom. The maximum atomic E-state index is 5.97. The lowest BCUT2D eigenvalue weighted by Gasteiger charge is -2.29. The third-order valence-electron chi connectivity index (χ3n) is 2.78. The fourth-order valence-corrected chi connectivity index (χ4v) is 1.92. The van der Waals surface area contributed by atoms with Crippen LogP contribution in [-0.4, -0.2) is 18.2 Å². The largest absolute Gasteiger partial charge is 0.375 e. The second-order valence-corrected chi connectivity index (χ2v) is 3.92. The smallest absolute Gasteiger partial charge is 0.0670 e. The van der Waals surface area contributed by atoms with E-state index in [4.69, 9.17) is 10.5 Å². The Kier molecular flexibility index (Phi) is 2.55. The molecule has 0 radical (unpaired) electrons.